The zero-order chi connectivity index (χ0) is 16.2. The van der Waals surface area contributed by atoms with Gasteiger partial charge in [-0.2, -0.15) is 4.57 Å². The molecular formula is C21H20BrNO. The van der Waals surface area contributed by atoms with Crippen LogP contribution in [0.2, 0.25) is 0 Å². The van der Waals surface area contributed by atoms with Crippen molar-refractivity contribution in [3.05, 3.63) is 90.3 Å². The number of Topliss-reactive ketones (excluding diaryl/α,β-unsaturated/α-hetero) is 1. The summed E-state index contributed by atoms with van der Waals surface area (Å²) in [7, 11) is 0. The average molecular weight is 382 g/mol. The van der Waals surface area contributed by atoms with Crippen molar-refractivity contribution in [3.63, 3.8) is 0 Å². The highest BCUT2D eigenvalue weighted by molar-refractivity contribution is 5.98. The minimum absolute atomic E-state index is 0. The Hall–Kier alpha value is -2.26. The van der Waals surface area contributed by atoms with Gasteiger partial charge in [0, 0.05) is 24.6 Å². The van der Waals surface area contributed by atoms with Gasteiger partial charge in [-0.3, -0.25) is 4.79 Å². The lowest BCUT2D eigenvalue weighted by molar-refractivity contribution is -0.704. The Labute approximate surface area is 153 Å². The second kappa shape index (κ2) is 8.02. The molecule has 0 fully saturated rings. The van der Waals surface area contributed by atoms with Crippen LogP contribution in [0, 0.1) is 6.92 Å². The molecule has 1 heterocycles. The number of aryl methyl sites for hydroxylation is 1. The molecule has 1 unspecified atom stereocenters. The van der Waals surface area contributed by atoms with Crippen molar-refractivity contribution in [2.24, 2.45) is 0 Å². The van der Waals surface area contributed by atoms with Crippen LogP contribution >= 0.6 is 0 Å². The van der Waals surface area contributed by atoms with Crippen LogP contribution in [-0.4, -0.2) is 5.78 Å². The molecule has 3 heteroatoms. The lowest BCUT2D eigenvalue weighted by Crippen LogP contribution is -3.00. The maximum atomic E-state index is 12.7. The highest BCUT2D eigenvalue weighted by Gasteiger charge is 2.23. The number of hydrogen-bond acceptors (Lipinski definition) is 1. The van der Waals surface area contributed by atoms with E-state index in [0.29, 0.717) is 0 Å². The number of hydrogen-bond donors (Lipinski definition) is 0. The Bertz CT molecular complexity index is 796. The SMILES string of the molecule is Cc1cc[n+](C(C)C(=O)c2ccc(-c3ccccc3)cc2)cc1.[Br-]. The van der Waals surface area contributed by atoms with Gasteiger partial charge in [-0.1, -0.05) is 54.6 Å². The number of aromatic nitrogens is 1. The molecular weight excluding hydrogens is 362 g/mol. The highest BCUT2D eigenvalue weighted by Crippen LogP contribution is 2.20. The Balaban J connectivity index is 0.00000208. The van der Waals surface area contributed by atoms with Gasteiger partial charge in [0.2, 0.25) is 11.8 Å². The highest BCUT2D eigenvalue weighted by atomic mass is 79.9. The molecule has 24 heavy (non-hydrogen) atoms. The standard InChI is InChI=1S/C21H20NO.BrH/c1-16-12-14-22(15-13-16)17(2)21(23)20-10-8-19(9-11-20)18-6-4-3-5-7-18;/h3-15,17H,1-2H3;1H/q+1;/p-1. The van der Waals surface area contributed by atoms with E-state index in [2.05, 4.69) is 12.1 Å². The number of ketones is 1. The first kappa shape index (κ1) is 18.1. The summed E-state index contributed by atoms with van der Waals surface area (Å²) in [5.74, 6) is 0.124. The Kier molecular flexibility index (Phi) is 6.04. The van der Waals surface area contributed by atoms with Crippen LogP contribution in [-0.2, 0) is 0 Å². The van der Waals surface area contributed by atoms with E-state index in [1.165, 1.54) is 5.56 Å². The van der Waals surface area contributed by atoms with Gasteiger partial charge in [-0.15, -0.1) is 0 Å². The lowest BCUT2D eigenvalue weighted by Gasteiger charge is -2.08. The fourth-order valence-electron chi connectivity index (χ4n) is 2.60. The molecule has 0 spiro atoms. The molecule has 0 radical (unpaired) electrons. The summed E-state index contributed by atoms with van der Waals surface area (Å²) in [5.41, 5.74) is 4.21. The maximum Gasteiger partial charge on any atom is 0.230 e. The van der Waals surface area contributed by atoms with E-state index in [1.807, 2.05) is 85.4 Å². The van der Waals surface area contributed by atoms with Gasteiger partial charge in [-0.25, -0.2) is 0 Å². The van der Waals surface area contributed by atoms with Crippen molar-refractivity contribution in [3.8, 4) is 11.1 Å². The number of carbonyl (C=O) groups excluding carboxylic acids is 1. The monoisotopic (exact) mass is 381 g/mol. The summed E-state index contributed by atoms with van der Waals surface area (Å²) in [6, 6.07) is 21.8. The second-order valence-electron chi connectivity index (χ2n) is 5.81. The van der Waals surface area contributed by atoms with E-state index < -0.39 is 0 Å². The Morgan fingerprint density at radius 1 is 0.833 bits per heavy atom. The first-order chi connectivity index (χ1) is 11.1. The number of nitrogens with zero attached hydrogens (tertiary/aromatic N) is 1. The number of rotatable bonds is 4. The van der Waals surface area contributed by atoms with Crippen molar-refractivity contribution >= 4 is 5.78 Å². The van der Waals surface area contributed by atoms with E-state index in [0.717, 1.165) is 16.7 Å². The quantitative estimate of drug-likeness (QED) is 0.494. The smallest absolute Gasteiger partial charge is 0.230 e. The van der Waals surface area contributed by atoms with E-state index in [4.69, 9.17) is 0 Å². The van der Waals surface area contributed by atoms with E-state index >= 15 is 0 Å². The molecule has 0 saturated heterocycles. The summed E-state index contributed by atoms with van der Waals surface area (Å²) in [6.45, 7) is 3.97. The first-order valence-corrected chi connectivity index (χ1v) is 7.82. The number of pyridine rings is 1. The van der Waals surface area contributed by atoms with Crippen LogP contribution in [0.4, 0.5) is 0 Å². The molecule has 1 atom stereocenters. The van der Waals surface area contributed by atoms with Gasteiger partial charge in [0.25, 0.3) is 0 Å². The molecule has 0 N–H and O–H groups in total. The average Bonchev–Trinajstić information content (AvgIpc) is 2.62. The molecule has 0 amide bonds. The Morgan fingerprint density at radius 3 is 1.96 bits per heavy atom. The number of benzene rings is 2. The van der Waals surface area contributed by atoms with Gasteiger partial charge in [0.05, 0.1) is 0 Å². The fraction of sp³-hybridized carbons (Fsp3) is 0.143. The molecule has 0 aliphatic carbocycles. The molecule has 122 valence electrons. The third kappa shape index (κ3) is 3.98. The summed E-state index contributed by atoms with van der Waals surface area (Å²) in [4.78, 5) is 12.7. The van der Waals surface area contributed by atoms with Crippen molar-refractivity contribution < 1.29 is 26.3 Å². The van der Waals surface area contributed by atoms with E-state index in [-0.39, 0.29) is 28.8 Å². The molecule has 2 nitrogen and oxygen atoms in total. The summed E-state index contributed by atoms with van der Waals surface area (Å²) in [6.07, 6.45) is 3.91. The third-order valence-corrected chi connectivity index (χ3v) is 4.12. The number of halogens is 1. The van der Waals surface area contributed by atoms with Crippen molar-refractivity contribution in [2.45, 2.75) is 19.9 Å². The van der Waals surface area contributed by atoms with Gasteiger partial charge < -0.3 is 17.0 Å². The molecule has 0 aliphatic heterocycles. The summed E-state index contributed by atoms with van der Waals surface area (Å²) >= 11 is 0. The lowest BCUT2D eigenvalue weighted by atomic mass is 10.00. The predicted molar refractivity (Wildman–Crippen MR) is 92.3 cm³/mol. The molecule has 2 aromatic carbocycles. The van der Waals surface area contributed by atoms with Gasteiger partial charge in [-0.05, 0) is 23.6 Å². The fourth-order valence-corrected chi connectivity index (χ4v) is 2.60. The predicted octanol–water partition coefficient (Wildman–Crippen LogP) is 1.40. The summed E-state index contributed by atoms with van der Waals surface area (Å²) < 4.78 is 1.94. The third-order valence-electron chi connectivity index (χ3n) is 4.12. The van der Waals surface area contributed by atoms with Gasteiger partial charge >= 0.3 is 0 Å². The molecule has 3 aromatic rings. The molecule has 3 rings (SSSR count). The van der Waals surface area contributed by atoms with Crippen LogP contribution in [0.5, 0.6) is 0 Å². The van der Waals surface area contributed by atoms with Crippen LogP contribution in [0.3, 0.4) is 0 Å². The normalized spacial score (nSPS) is 11.4. The van der Waals surface area contributed by atoms with E-state index in [1.54, 1.807) is 0 Å². The molecule has 0 bridgehead atoms. The largest absolute Gasteiger partial charge is 1.00 e. The van der Waals surface area contributed by atoms with Crippen molar-refractivity contribution in [1.82, 2.24) is 0 Å². The molecule has 0 saturated carbocycles. The maximum absolute atomic E-state index is 12.7. The minimum Gasteiger partial charge on any atom is -1.00 e. The van der Waals surface area contributed by atoms with Crippen molar-refractivity contribution in [1.29, 1.82) is 0 Å². The van der Waals surface area contributed by atoms with Crippen LogP contribution < -0.4 is 21.5 Å². The van der Waals surface area contributed by atoms with Crippen molar-refractivity contribution in [2.75, 3.05) is 0 Å². The van der Waals surface area contributed by atoms with Gasteiger partial charge in [0.1, 0.15) is 0 Å². The van der Waals surface area contributed by atoms with Crippen LogP contribution in [0.25, 0.3) is 11.1 Å². The Morgan fingerprint density at radius 2 is 1.38 bits per heavy atom. The van der Waals surface area contributed by atoms with Gasteiger partial charge in [0.15, 0.2) is 12.4 Å². The first-order valence-electron chi connectivity index (χ1n) is 7.82. The minimum atomic E-state index is -0.210. The molecule has 1 aromatic heterocycles. The van der Waals surface area contributed by atoms with E-state index in [9.17, 15) is 4.79 Å². The number of carbonyl (C=O) groups is 1. The zero-order valence-corrected chi connectivity index (χ0v) is 15.4. The molecule has 0 aliphatic rings. The summed E-state index contributed by atoms with van der Waals surface area (Å²) in [5, 5.41) is 0. The second-order valence-corrected chi connectivity index (χ2v) is 5.81. The zero-order valence-electron chi connectivity index (χ0n) is 13.8. The van der Waals surface area contributed by atoms with Crippen LogP contribution in [0.1, 0.15) is 28.9 Å². The van der Waals surface area contributed by atoms with Crippen LogP contribution in [0.15, 0.2) is 79.1 Å². The topological polar surface area (TPSA) is 20.9 Å².